The van der Waals surface area contributed by atoms with Gasteiger partial charge in [0.15, 0.2) is 0 Å². The van der Waals surface area contributed by atoms with Gasteiger partial charge in [-0.05, 0) is 0 Å². The Bertz CT molecular complexity index is 895. The zero-order chi connectivity index (χ0) is 21.2. The van der Waals surface area contributed by atoms with Crippen LogP contribution >= 0.6 is 0 Å². The molecule has 6 nitrogen and oxygen atoms in total. The third-order valence-corrected chi connectivity index (χ3v) is 5.81. The van der Waals surface area contributed by atoms with Crippen LogP contribution < -0.4 is 10.2 Å². The number of amides is 1. The molecule has 1 aliphatic rings. The van der Waals surface area contributed by atoms with Crippen LogP contribution in [0, 0.1) is 0 Å². The van der Waals surface area contributed by atoms with E-state index in [9.17, 15) is 9.90 Å². The first-order valence-electron chi connectivity index (χ1n) is 9.88. The Morgan fingerprint density at radius 2 is 2.10 bits per heavy atom. The van der Waals surface area contributed by atoms with Gasteiger partial charge in [-0.25, -0.2) is 0 Å². The average Bonchev–Trinajstić information content (AvgIpc) is 2.66. The predicted molar refractivity (Wildman–Crippen MR) is 114 cm³/mol. The van der Waals surface area contributed by atoms with Crippen LogP contribution in [0.25, 0.3) is 11.3 Å². The Morgan fingerprint density at radius 1 is 1.38 bits per heavy atom. The third-order valence-electron chi connectivity index (χ3n) is 5.03. The van der Waals surface area contributed by atoms with Gasteiger partial charge < -0.3 is 0 Å². The van der Waals surface area contributed by atoms with E-state index in [1.54, 1.807) is 17.0 Å². The number of nitrogens with two attached hydrogens (primary N) is 1. The summed E-state index contributed by atoms with van der Waals surface area (Å²) in [6, 6.07) is 9.18. The molecule has 2 aromatic rings. The van der Waals surface area contributed by atoms with Crippen molar-refractivity contribution in [1.82, 2.24) is 9.88 Å². The van der Waals surface area contributed by atoms with Gasteiger partial charge >= 0.3 is 181 Å². The number of carbonyl (C=O) groups is 1. The fourth-order valence-electron chi connectivity index (χ4n) is 3.70. The van der Waals surface area contributed by atoms with Crippen molar-refractivity contribution in [3.8, 4) is 17.0 Å². The number of para-hydroxylation sites is 1. The number of aromatic hydroxyl groups is 1. The normalized spacial score (nSPS) is 17.3. The first-order chi connectivity index (χ1) is 13.7. The molecule has 0 aliphatic carbocycles. The summed E-state index contributed by atoms with van der Waals surface area (Å²) >= 11 is 2.48. The first kappa shape index (κ1) is 21.7. The third kappa shape index (κ3) is 5.12. The standard InChI is InChI=1S/C22H28AsN3O3/c1-22(2,3)29-21(28)26-10-6-7-14(13-26)16-11-18(25-20(23)17(16)12-24)15-8-4-5-9-19(15)27/h4-5,8-9,11,14,27H,6-7,10,12-13,24H2,1-3H3. The SMILES string of the molecule is CC(C)(C)OC(=O)N1CCCC(c2cc(-c3ccccc3O)nc([As])c2CN)C1. The van der Waals surface area contributed by atoms with Gasteiger partial charge in [-0.1, -0.05) is 0 Å². The van der Waals surface area contributed by atoms with Crippen molar-refractivity contribution in [2.75, 3.05) is 13.1 Å². The first-order valence-corrected chi connectivity index (χ1v) is 10.8. The van der Waals surface area contributed by atoms with E-state index in [1.807, 2.05) is 39.0 Å². The van der Waals surface area contributed by atoms with Crippen molar-refractivity contribution < 1.29 is 14.6 Å². The summed E-state index contributed by atoms with van der Waals surface area (Å²) in [4.78, 5) is 19.0. The number of phenols is 1. The van der Waals surface area contributed by atoms with E-state index in [1.165, 1.54) is 0 Å². The van der Waals surface area contributed by atoms with E-state index >= 15 is 0 Å². The van der Waals surface area contributed by atoms with E-state index < -0.39 is 5.60 Å². The minimum atomic E-state index is -0.519. The number of hydrogen-bond acceptors (Lipinski definition) is 5. The van der Waals surface area contributed by atoms with Gasteiger partial charge in [-0.3, -0.25) is 0 Å². The topological polar surface area (TPSA) is 88.7 Å². The van der Waals surface area contributed by atoms with Gasteiger partial charge in [0, 0.05) is 0 Å². The molecular weight excluding hydrogens is 429 g/mol. The van der Waals surface area contributed by atoms with Gasteiger partial charge in [0.25, 0.3) is 0 Å². The van der Waals surface area contributed by atoms with Gasteiger partial charge in [-0.15, -0.1) is 0 Å². The number of benzene rings is 1. The summed E-state index contributed by atoms with van der Waals surface area (Å²) in [6.07, 6.45) is 1.58. The van der Waals surface area contributed by atoms with E-state index in [2.05, 4.69) is 21.8 Å². The van der Waals surface area contributed by atoms with Crippen molar-refractivity contribution in [2.24, 2.45) is 5.73 Å². The van der Waals surface area contributed by atoms with Gasteiger partial charge in [-0.2, -0.15) is 0 Å². The molecule has 1 aromatic heterocycles. The molecule has 1 amide bonds. The number of rotatable bonds is 3. The van der Waals surface area contributed by atoms with Crippen molar-refractivity contribution in [1.29, 1.82) is 0 Å². The molecule has 2 radical (unpaired) electrons. The molecule has 7 heteroatoms. The summed E-state index contributed by atoms with van der Waals surface area (Å²) in [7, 11) is 0. The zero-order valence-electron chi connectivity index (χ0n) is 17.2. The van der Waals surface area contributed by atoms with E-state index in [0.717, 1.165) is 28.5 Å². The molecule has 1 saturated heterocycles. The van der Waals surface area contributed by atoms with Crippen LogP contribution in [0.3, 0.4) is 0 Å². The van der Waals surface area contributed by atoms with Crippen LogP contribution in [0.15, 0.2) is 30.3 Å². The Hall–Kier alpha value is -2.04. The molecule has 3 rings (SSSR count). The van der Waals surface area contributed by atoms with Gasteiger partial charge in [0.05, 0.1) is 0 Å². The summed E-state index contributed by atoms with van der Waals surface area (Å²) < 4.78 is 6.36. The Labute approximate surface area is 181 Å². The molecule has 29 heavy (non-hydrogen) atoms. The number of piperidine rings is 1. The summed E-state index contributed by atoms with van der Waals surface area (Å²) in [5.74, 6) is 0.336. The number of carbonyl (C=O) groups excluding carboxylic acids is 1. The quantitative estimate of drug-likeness (QED) is 0.693. The second kappa shape index (κ2) is 8.76. The zero-order valence-corrected chi connectivity index (χ0v) is 19.1. The fourth-order valence-corrected chi connectivity index (χ4v) is 4.39. The van der Waals surface area contributed by atoms with Crippen LogP contribution in [0.2, 0.25) is 0 Å². The average molecular weight is 457 g/mol. The van der Waals surface area contributed by atoms with Gasteiger partial charge in [0.1, 0.15) is 0 Å². The summed E-state index contributed by atoms with van der Waals surface area (Å²) in [5, 5.41) is 10.3. The second-order valence-corrected chi connectivity index (χ2v) is 9.27. The van der Waals surface area contributed by atoms with Gasteiger partial charge in [0.2, 0.25) is 0 Å². The number of nitrogens with zero attached hydrogens (tertiary/aromatic N) is 2. The van der Waals surface area contributed by atoms with Crippen LogP contribution in [0.5, 0.6) is 5.75 Å². The second-order valence-electron chi connectivity index (χ2n) is 8.39. The van der Waals surface area contributed by atoms with Crippen molar-refractivity contribution >= 4 is 27.4 Å². The summed E-state index contributed by atoms with van der Waals surface area (Å²) in [5.41, 5.74) is 9.00. The molecule has 154 valence electrons. The van der Waals surface area contributed by atoms with Crippen molar-refractivity contribution in [2.45, 2.75) is 51.7 Å². The molecule has 1 aromatic carbocycles. The Morgan fingerprint density at radius 3 is 2.76 bits per heavy atom. The number of aromatic nitrogens is 1. The number of hydrogen-bond donors (Lipinski definition) is 2. The summed E-state index contributed by atoms with van der Waals surface area (Å²) in [6.45, 7) is 7.27. The fraction of sp³-hybridized carbons (Fsp3) is 0.455. The molecule has 0 spiro atoms. The number of ether oxygens (including phenoxy) is 1. The number of pyridine rings is 1. The molecule has 0 saturated carbocycles. The maximum atomic E-state index is 12.6. The monoisotopic (exact) mass is 457 g/mol. The van der Waals surface area contributed by atoms with Crippen molar-refractivity contribution in [3.63, 3.8) is 0 Å². The maximum absolute atomic E-state index is 12.6. The van der Waals surface area contributed by atoms with Crippen LogP contribution in [-0.4, -0.2) is 56.6 Å². The Kier molecular flexibility index (Phi) is 6.55. The molecule has 1 unspecified atom stereocenters. The molecule has 1 aliphatic heterocycles. The number of phenolic OH excluding ortho intramolecular Hbond substituents is 1. The number of likely N-dealkylation sites (tertiary alicyclic amines) is 1. The van der Waals surface area contributed by atoms with E-state index in [0.29, 0.717) is 30.9 Å². The molecule has 3 N–H and O–H groups in total. The molecular formula is C22H28AsN3O3. The molecule has 1 atom stereocenters. The van der Waals surface area contributed by atoms with Crippen LogP contribution in [0.1, 0.15) is 50.7 Å². The van der Waals surface area contributed by atoms with E-state index in [4.69, 9.17) is 10.5 Å². The minimum absolute atomic E-state index is 0.144. The Balaban J connectivity index is 1.94. The molecule has 1 fully saturated rings. The molecule has 0 bridgehead atoms. The van der Waals surface area contributed by atoms with E-state index in [-0.39, 0.29) is 17.8 Å². The molecule has 2 heterocycles. The van der Waals surface area contributed by atoms with Crippen LogP contribution in [0.4, 0.5) is 4.79 Å². The van der Waals surface area contributed by atoms with Crippen LogP contribution in [-0.2, 0) is 11.3 Å². The van der Waals surface area contributed by atoms with Crippen molar-refractivity contribution in [3.05, 3.63) is 41.5 Å². The predicted octanol–water partition coefficient (Wildman–Crippen LogP) is 2.82.